The van der Waals surface area contributed by atoms with Gasteiger partial charge in [0.15, 0.2) is 0 Å². The lowest BCUT2D eigenvalue weighted by Crippen LogP contribution is -2.60. The van der Waals surface area contributed by atoms with Gasteiger partial charge in [-0.2, -0.15) is 13.2 Å². The Kier molecular flexibility index (Phi) is 4.04. The topological polar surface area (TPSA) is 110 Å². The van der Waals surface area contributed by atoms with Crippen LogP contribution in [0.3, 0.4) is 0 Å². The second-order valence-corrected chi connectivity index (χ2v) is 6.63. The molecule has 3 rings (SSSR count). The number of benzene rings is 1. The molecule has 0 aliphatic heterocycles. The molecule has 2 fully saturated rings. The van der Waals surface area contributed by atoms with E-state index in [0.717, 1.165) is 12.1 Å². The highest BCUT2D eigenvalue weighted by molar-refractivity contribution is 5.90. The Morgan fingerprint density at radius 2 is 1.92 bits per heavy atom. The van der Waals surface area contributed by atoms with Crippen molar-refractivity contribution in [3.05, 3.63) is 35.4 Å². The zero-order chi connectivity index (χ0) is 19.5. The van der Waals surface area contributed by atoms with Crippen molar-refractivity contribution in [2.75, 3.05) is 0 Å². The van der Waals surface area contributed by atoms with Crippen LogP contribution in [0.4, 0.5) is 17.6 Å². The number of nitrogens with two attached hydrogens (primary N) is 1. The number of hydrogen-bond acceptors (Lipinski definition) is 4. The molecule has 142 valence electrons. The number of ether oxygens (including phenoxy) is 1. The molecule has 5 atom stereocenters. The summed E-state index contributed by atoms with van der Waals surface area (Å²) in [6, 6.07) is 4.27. The van der Waals surface area contributed by atoms with Gasteiger partial charge in [-0.25, -0.2) is 9.18 Å². The summed E-state index contributed by atoms with van der Waals surface area (Å²) >= 11 is 0. The van der Waals surface area contributed by atoms with E-state index in [4.69, 9.17) is 15.6 Å². The van der Waals surface area contributed by atoms with E-state index in [1.54, 1.807) is 0 Å². The fourth-order valence-corrected chi connectivity index (χ4v) is 3.84. The number of aliphatic carboxylic acids is 2. The summed E-state index contributed by atoms with van der Waals surface area (Å²) in [6.45, 7) is -0.368. The third-order valence-corrected chi connectivity index (χ3v) is 5.20. The van der Waals surface area contributed by atoms with E-state index in [0.29, 0.717) is 0 Å². The molecule has 0 amide bonds. The first kappa shape index (κ1) is 18.6. The van der Waals surface area contributed by atoms with Crippen molar-refractivity contribution in [1.29, 1.82) is 0 Å². The summed E-state index contributed by atoms with van der Waals surface area (Å²) in [7, 11) is 0. The van der Waals surface area contributed by atoms with Crippen molar-refractivity contribution < 1.29 is 42.1 Å². The number of fused-ring (bicyclic) bond motifs is 1. The van der Waals surface area contributed by atoms with Gasteiger partial charge < -0.3 is 20.7 Å². The van der Waals surface area contributed by atoms with Gasteiger partial charge in [0.05, 0.1) is 18.3 Å². The molecule has 1 aromatic rings. The Bertz CT molecular complexity index is 769. The van der Waals surface area contributed by atoms with Gasteiger partial charge in [0.1, 0.15) is 5.54 Å². The highest BCUT2D eigenvalue weighted by Gasteiger charge is 2.85. The summed E-state index contributed by atoms with van der Waals surface area (Å²) in [5, 5.41) is 18.4. The molecule has 0 aromatic heterocycles. The predicted octanol–water partition coefficient (Wildman–Crippen LogP) is 1.82. The van der Waals surface area contributed by atoms with Crippen molar-refractivity contribution in [1.82, 2.24) is 0 Å². The SMILES string of the molecule is N[C@]1(C(=O)O)[C@H]2[C@@H](C[C@H]1OCc1cccc(C(F)(F)F)c1)[C@]2(F)C(=O)O. The first-order valence-electron chi connectivity index (χ1n) is 7.65. The van der Waals surface area contributed by atoms with E-state index >= 15 is 0 Å². The number of hydrogen-bond donors (Lipinski definition) is 3. The third kappa shape index (κ3) is 2.55. The van der Waals surface area contributed by atoms with E-state index in [1.165, 1.54) is 12.1 Å². The van der Waals surface area contributed by atoms with Crippen LogP contribution in [0.2, 0.25) is 0 Å². The number of rotatable bonds is 5. The molecule has 0 spiro atoms. The number of carboxylic acids is 2. The maximum absolute atomic E-state index is 14.4. The molecule has 2 aliphatic carbocycles. The second-order valence-electron chi connectivity index (χ2n) is 6.63. The van der Waals surface area contributed by atoms with Crippen molar-refractivity contribution in [3.8, 4) is 0 Å². The largest absolute Gasteiger partial charge is 0.480 e. The van der Waals surface area contributed by atoms with E-state index in [2.05, 4.69) is 0 Å². The Labute approximate surface area is 144 Å². The quantitative estimate of drug-likeness (QED) is 0.676. The molecular weight excluding hydrogens is 362 g/mol. The lowest BCUT2D eigenvalue weighted by molar-refractivity contribution is -0.156. The molecule has 0 unspecified atom stereocenters. The first-order valence-corrected chi connectivity index (χ1v) is 7.65. The fraction of sp³-hybridized carbons (Fsp3) is 0.500. The number of carboxylic acid groups (broad SMARTS) is 2. The predicted molar refractivity (Wildman–Crippen MR) is 77.6 cm³/mol. The van der Waals surface area contributed by atoms with Gasteiger partial charge in [-0.15, -0.1) is 0 Å². The van der Waals surface area contributed by atoms with Crippen LogP contribution in [0.15, 0.2) is 24.3 Å². The fourth-order valence-electron chi connectivity index (χ4n) is 3.84. The van der Waals surface area contributed by atoms with Crippen LogP contribution in [-0.4, -0.2) is 39.5 Å². The maximum atomic E-state index is 14.4. The highest BCUT2D eigenvalue weighted by atomic mass is 19.4. The zero-order valence-corrected chi connectivity index (χ0v) is 13.2. The molecule has 0 heterocycles. The van der Waals surface area contributed by atoms with Crippen molar-refractivity contribution in [3.63, 3.8) is 0 Å². The minimum atomic E-state index is -4.54. The number of carbonyl (C=O) groups is 2. The Hall–Kier alpha value is -2.20. The summed E-state index contributed by atoms with van der Waals surface area (Å²) < 4.78 is 57.9. The van der Waals surface area contributed by atoms with Gasteiger partial charge in [0.2, 0.25) is 5.67 Å². The lowest BCUT2D eigenvalue weighted by atomic mass is 9.88. The number of halogens is 4. The molecule has 10 heteroatoms. The highest BCUT2D eigenvalue weighted by Crippen LogP contribution is 2.67. The molecular formula is C16H15F4NO5. The zero-order valence-electron chi connectivity index (χ0n) is 13.2. The Balaban J connectivity index is 1.76. The van der Waals surface area contributed by atoms with Crippen molar-refractivity contribution in [2.45, 2.75) is 36.5 Å². The molecule has 26 heavy (non-hydrogen) atoms. The molecule has 2 aliphatic rings. The van der Waals surface area contributed by atoms with Crippen LogP contribution in [-0.2, 0) is 27.1 Å². The maximum Gasteiger partial charge on any atom is 0.416 e. The van der Waals surface area contributed by atoms with Crippen LogP contribution >= 0.6 is 0 Å². The van der Waals surface area contributed by atoms with Crippen LogP contribution in [0.25, 0.3) is 0 Å². The summed E-state index contributed by atoms with van der Waals surface area (Å²) in [5.41, 5.74) is 0.0635. The molecule has 6 nitrogen and oxygen atoms in total. The molecule has 0 radical (unpaired) electrons. The normalized spacial score (nSPS) is 35.8. The van der Waals surface area contributed by atoms with Crippen LogP contribution in [0, 0.1) is 11.8 Å². The van der Waals surface area contributed by atoms with Gasteiger partial charge in [0, 0.05) is 11.8 Å². The minimum absolute atomic E-state index is 0.137. The summed E-state index contributed by atoms with van der Waals surface area (Å²) in [4.78, 5) is 22.6. The smallest absolute Gasteiger partial charge is 0.416 e. The average Bonchev–Trinajstić information content (AvgIpc) is 3.02. The molecule has 0 saturated heterocycles. The molecule has 2 saturated carbocycles. The van der Waals surface area contributed by atoms with Crippen molar-refractivity contribution in [2.24, 2.45) is 17.6 Å². The minimum Gasteiger partial charge on any atom is -0.480 e. The van der Waals surface area contributed by atoms with E-state index < -0.39 is 52.8 Å². The lowest BCUT2D eigenvalue weighted by Gasteiger charge is -2.31. The Morgan fingerprint density at radius 1 is 1.27 bits per heavy atom. The summed E-state index contributed by atoms with van der Waals surface area (Å²) in [6.07, 6.45) is -6.00. The van der Waals surface area contributed by atoms with Gasteiger partial charge in [-0.1, -0.05) is 12.1 Å². The molecule has 0 bridgehead atoms. The summed E-state index contributed by atoms with van der Waals surface area (Å²) in [5.74, 6) is -5.94. The van der Waals surface area contributed by atoms with Crippen molar-refractivity contribution >= 4 is 11.9 Å². The molecule has 1 aromatic carbocycles. The first-order chi connectivity index (χ1) is 11.9. The van der Waals surface area contributed by atoms with Crippen LogP contribution in [0.5, 0.6) is 0 Å². The number of alkyl halides is 4. The Morgan fingerprint density at radius 3 is 2.46 bits per heavy atom. The monoisotopic (exact) mass is 377 g/mol. The third-order valence-electron chi connectivity index (χ3n) is 5.20. The molecule has 4 N–H and O–H groups in total. The van der Waals surface area contributed by atoms with Gasteiger partial charge >= 0.3 is 18.1 Å². The average molecular weight is 377 g/mol. The van der Waals surface area contributed by atoms with E-state index in [-0.39, 0.29) is 18.6 Å². The van der Waals surface area contributed by atoms with Gasteiger partial charge in [-0.05, 0) is 24.1 Å². The standard InChI is InChI=1S/C16H15F4NO5/c17-14(12(22)23)9-5-10(15(21,11(9)14)13(24)25)26-6-7-2-1-3-8(4-7)16(18,19)20/h1-4,9-11H,5-6,21H2,(H,22,23)(H,24,25)/t9-,10-,11+,14-,15+/m1/s1. The van der Waals surface area contributed by atoms with Crippen LogP contribution in [0.1, 0.15) is 17.5 Å². The second kappa shape index (κ2) is 5.65. The van der Waals surface area contributed by atoms with Gasteiger partial charge in [0.25, 0.3) is 0 Å². The van der Waals surface area contributed by atoms with E-state index in [9.17, 15) is 32.3 Å². The van der Waals surface area contributed by atoms with Crippen LogP contribution < -0.4 is 5.73 Å². The van der Waals surface area contributed by atoms with E-state index in [1.807, 2.05) is 0 Å². The van der Waals surface area contributed by atoms with Gasteiger partial charge in [-0.3, -0.25) is 4.79 Å².